The van der Waals surface area contributed by atoms with E-state index >= 15 is 0 Å². The molecule has 0 saturated heterocycles. The SMILES string of the molecule is CCC(N=N)N(CC)CC. The summed E-state index contributed by atoms with van der Waals surface area (Å²) in [7, 11) is 0. The highest BCUT2D eigenvalue weighted by atomic mass is 15.3. The van der Waals surface area contributed by atoms with Crippen LogP contribution in [0, 0.1) is 5.53 Å². The molecule has 0 aromatic heterocycles. The Labute approximate surface area is 62.9 Å². The van der Waals surface area contributed by atoms with Gasteiger partial charge in [0.2, 0.25) is 0 Å². The second kappa shape index (κ2) is 5.35. The number of hydrogen-bond acceptors (Lipinski definition) is 3. The largest absolute Gasteiger partial charge is 0.281 e. The molecule has 60 valence electrons. The fourth-order valence-corrected chi connectivity index (χ4v) is 1.08. The van der Waals surface area contributed by atoms with Crippen molar-refractivity contribution in [3.8, 4) is 0 Å². The van der Waals surface area contributed by atoms with Crippen LogP contribution in [0.5, 0.6) is 0 Å². The molecule has 0 saturated carbocycles. The van der Waals surface area contributed by atoms with Crippen molar-refractivity contribution >= 4 is 0 Å². The Morgan fingerprint density at radius 1 is 1.30 bits per heavy atom. The van der Waals surface area contributed by atoms with Crippen LogP contribution in [0.1, 0.15) is 27.2 Å². The van der Waals surface area contributed by atoms with Crippen molar-refractivity contribution in [1.82, 2.24) is 4.90 Å². The minimum absolute atomic E-state index is 0.106. The smallest absolute Gasteiger partial charge is 0.122 e. The molecule has 10 heavy (non-hydrogen) atoms. The molecule has 1 atom stereocenters. The van der Waals surface area contributed by atoms with Gasteiger partial charge >= 0.3 is 0 Å². The van der Waals surface area contributed by atoms with Gasteiger partial charge in [-0.1, -0.05) is 20.8 Å². The summed E-state index contributed by atoms with van der Waals surface area (Å²) in [4.78, 5) is 2.17. The van der Waals surface area contributed by atoms with Crippen molar-refractivity contribution in [2.24, 2.45) is 5.11 Å². The van der Waals surface area contributed by atoms with Crippen LogP contribution in [0.3, 0.4) is 0 Å². The van der Waals surface area contributed by atoms with Crippen molar-refractivity contribution in [2.45, 2.75) is 33.4 Å². The molecular formula is C7H17N3. The van der Waals surface area contributed by atoms with E-state index in [2.05, 4.69) is 30.8 Å². The van der Waals surface area contributed by atoms with Gasteiger partial charge in [-0.3, -0.25) is 4.90 Å². The minimum atomic E-state index is 0.106. The summed E-state index contributed by atoms with van der Waals surface area (Å²) in [6, 6.07) is 0. The molecule has 0 fully saturated rings. The Hall–Kier alpha value is -0.440. The van der Waals surface area contributed by atoms with Crippen LogP contribution in [0.4, 0.5) is 0 Å². The zero-order valence-corrected chi connectivity index (χ0v) is 7.09. The minimum Gasteiger partial charge on any atom is -0.281 e. The molecule has 0 spiro atoms. The van der Waals surface area contributed by atoms with Gasteiger partial charge < -0.3 is 0 Å². The van der Waals surface area contributed by atoms with Gasteiger partial charge in [-0.25, -0.2) is 5.53 Å². The Morgan fingerprint density at radius 3 is 1.90 bits per heavy atom. The van der Waals surface area contributed by atoms with E-state index in [-0.39, 0.29) is 6.17 Å². The lowest BCUT2D eigenvalue weighted by Crippen LogP contribution is -2.32. The molecule has 0 amide bonds. The van der Waals surface area contributed by atoms with Crippen LogP contribution < -0.4 is 0 Å². The molecule has 0 aliphatic carbocycles. The summed E-state index contributed by atoms with van der Waals surface area (Å²) in [6.45, 7) is 8.21. The number of nitrogens with one attached hydrogen (secondary N) is 1. The monoisotopic (exact) mass is 143 g/mol. The van der Waals surface area contributed by atoms with Crippen LogP contribution >= 0.6 is 0 Å². The number of rotatable bonds is 5. The third-order valence-electron chi connectivity index (χ3n) is 1.75. The van der Waals surface area contributed by atoms with Crippen molar-refractivity contribution in [3.63, 3.8) is 0 Å². The molecule has 0 aromatic rings. The molecule has 0 aliphatic heterocycles. The fourth-order valence-electron chi connectivity index (χ4n) is 1.08. The van der Waals surface area contributed by atoms with Gasteiger partial charge in [-0.15, -0.1) is 0 Å². The second-order valence-corrected chi connectivity index (χ2v) is 2.24. The topological polar surface area (TPSA) is 39.5 Å². The van der Waals surface area contributed by atoms with E-state index in [0.29, 0.717) is 0 Å². The van der Waals surface area contributed by atoms with Crippen molar-refractivity contribution in [2.75, 3.05) is 13.1 Å². The first-order valence-corrected chi connectivity index (χ1v) is 3.90. The van der Waals surface area contributed by atoms with Crippen molar-refractivity contribution in [1.29, 1.82) is 5.53 Å². The molecule has 0 rings (SSSR count). The summed E-state index contributed by atoms with van der Waals surface area (Å²) < 4.78 is 0. The highest BCUT2D eigenvalue weighted by Gasteiger charge is 2.10. The molecule has 0 bridgehead atoms. The Bertz CT molecular complexity index is 88.9. The first-order chi connectivity index (χ1) is 4.79. The molecular weight excluding hydrogens is 126 g/mol. The van der Waals surface area contributed by atoms with E-state index in [4.69, 9.17) is 5.53 Å². The van der Waals surface area contributed by atoms with Crippen LogP contribution in [0.25, 0.3) is 0 Å². The molecule has 0 aliphatic rings. The molecule has 0 aromatic carbocycles. The maximum atomic E-state index is 6.88. The molecule has 1 N–H and O–H groups in total. The number of nitrogens with zero attached hydrogens (tertiary/aromatic N) is 2. The molecule has 0 heterocycles. The maximum absolute atomic E-state index is 6.88. The lowest BCUT2D eigenvalue weighted by atomic mass is 10.3. The van der Waals surface area contributed by atoms with Gasteiger partial charge in [-0.2, -0.15) is 5.11 Å². The quantitative estimate of drug-likeness (QED) is 0.588. The predicted octanol–water partition coefficient (Wildman–Crippen LogP) is 2.10. The average Bonchev–Trinajstić information content (AvgIpc) is 2.00. The van der Waals surface area contributed by atoms with Gasteiger partial charge in [0.1, 0.15) is 6.17 Å². The summed E-state index contributed by atoms with van der Waals surface area (Å²) in [6.07, 6.45) is 1.04. The van der Waals surface area contributed by atoms with E-state index < -0.39 is 0 Å². The zero-order valence-electron chi connectivity index (χ0n) is 7.09. The van der Waals surface area contributed by atoms with Gasteiger partial charge in [0.05, 0.1) is 0 Å². The second-order valence-electron chi connectivity index (χ2n) is 2.24. The molecule has 1 unspecified atom stereocenters. The normalized spacial score (nSPS) is 13.6. The zero-order chi connectivity index (χ0) is 7.98. The van der Waals surface area contributed by atoms with Crippen molar-refractivity contribution in [3.05, 3.63) is 0 Å². The lowest BCUT2D eigenvalue weighted by molar-refractivity contribution is 0.208. The van der Waals surface area contributed by atoms with E-state index in [0.717, 1.165) is 19.5 Å². The van der Waals surface area contributed by atoms with Crippen LogP contribution in [-0.4, -0.2) is 24.2 Å². The summed E-state index contributed by atoms with van der Waals surface area (Å²) >= 11 is 0. The maximum Gasteiger partial charge on any atom is 0.122 e. The summed E-state index contributed by atoms with van der Waals surface area (Å²) in [5, 5.41) is 3.52. The Balaban J connectivity index is 3.81. The van der Waals surface area contributed by atoms with E-state index in [1.807, 2.05) is 0 Å². The summed E-state index contributed by atoms with van der Waals surface area (Å²) in [5.41, 5.74) is 6.88. The number of hydrogen-bond donors (Lipinski definition) is 1. The predicted molar refractivity (Wildman–Crippen MR) is 42.1 cm³/mol. The summed E-state index contributed by atoms with van der Waals surface area (Å²) in [5.74, 6) is 0. The average molecular weight is 143 g/mol. The lowest BCUT2D eigenvalue weighted by Gasteiger charge is -2.23. The molecule has 3 heteroatoms. The first kappa shape index (κ1) is 9.56. The first-order valence-electron chi connectivity index (χ1n) is 3.90. The van der Waals surface area contributed by atoms with E-state index in [9.17, 15) is 0 Å². The Kier molecular flexibility index (Phi) is 5.12. The van der Waals surface area contributed by atoms with E-state index in [1.165, 1.54) is 0 Å². The van der Waals surface area contributed by atoms with E-state index in [1.54, 1.807) is 0 Å². The van der Waals surface area contributed by atoms with Gasteiger partial charge in [0.15, 0.2) is 0 Å². The Morgan fingerprint density at radius 2 is 1.80 bits per heavy atom. The molecule has 0 radical (unpaired) electrons. The van der Waals surface area contributed by atoms with Gasteiger partial charge in [0.25, 0.3) is 0 Å². The fraction of sp³-hybridized carbons (Fsp3) is 1.00. The highest BCUT2D eigenvalue weighted by Crippen LogP contribution is 2.03. The van der Waals surface area contributed by atoms with Crippen molar-refractivity contribution < 1.29 is 0 Å². The van der Waals surface area contributed by atoms with Crippen LogP contribution in [0.2, 0.25) is 0 Å². The van der Waals surface area contributed by atoms with Gasteiger partial charge in [0, 0.05) is 0 Å². The third kappa shape index (κ3) is 2.43. The third-order valence-corrected chi connectivity index (χ3v) is 1.75. The molecule has 3 nitrogen and oxygen atoms in total. The van der Waals surface area contributed by atoms with Crippen LogP contribution in [0.15, 0.2) is 5.11 Å². The van der Waals surface area contributed by atoms with Crippen LogP contribution in [-0.2, 0) is 0 Å². The van der Waals surface area contributed by atoms with Gasteiger partial charge in [-0.05, 0) is 19.5 Å². The highest BCUT2D eigenvalue weighted by molar-refractivity contribution is 4.61. The standard InChI is InChI=1S/C7H17N3/c1-4-7(9-8)10(5-2)6-3/h7-8H,4-6H2,1-3H3.